The van der Waals surface area contributed by atoms with Gasteiger partial charge in [-0.25, -0.2) is 0 Å². The molecule has 0 bridgehead atoms. The molecule has 1 atom stereocenters. The molecular formula is C10H20N4. The fourth-order valence-corrected chi connectivity index (χ4v) is 1.59. The van der Waals surface area contributed by atoms with Gasteiger partial charge in [0.1, 0.15) is 0 Å². The zero-order valence-electron chi connectivity index (χ0n) is 9.41. The second kappa shape index (κ2) is 4.11. The molecule has 4 nitrogen and oxygen atoms in total. The van der Waals surface area contributed by atoms with Crippen LogP contribution in [-0.4, -0.2) is 9.78 Å². The van der Waals surface area contributed by atoms with E-state index in [4.69, 9.17) is 5.84 Å². The minimum atomic E-state index is 0.169. The highest BCUT2D eigenvalue weighted by Gasteiger charge is 2.20. The molecule has 1 aromatic heterocycles. The highest BCUT2D eigenvalue weighted by atomic mass is 15.3. The van der Waals surface area contributed by atoms with E-state index in [1.165, 1.54) is 0 Å². The molecule has 0 radical (unpaired) electrons. The summed E-state index contributed by atoms with van der Waals surface area (Å²) in [7, 11) is 1.93. The molecule has 1 aromatic rings. The largest absolute Gasteiger partial charge is 0.271 e. The monoisotopic (exact) mass is 196 g/mol. The Kier molecular flexibility index (Phi) is 3.29. The molecule has 1 heterocycles. The molecule has 0 aromatic carbocycles. The van der Waals surface area contributed by atoms with Gasteiger partial charge in [-0.15, -0.1) is 0 Å². The number of hydrogen-bond acceptors (Lipinski definition) is 3. The van der Waals surface area contributed by atoms with Crippen molar-refractivity contribution in [2.24, 2.45) is 18.3 Å². The van der Waals surface area contributed by atoms with Crippen molar-refractivity contribution >= 4 is 0 Å². The molecule has 0 aliphatic heterocycles. The summed E-state index contributed by atoms with van der Waals surface area (Å²) in [5.41, 5.74) is 4.22. The van der Waals surface area contributed by atoms with E-state index >= 15 is 0 Å². The normalized spacial score (nSPS) is 14.4. The molecule has 4 heteroatoms. The van der Waals surface area contributed by atoms with Gasteiger partial charge in [0.15, 0.2) is 0 Å². The quantitative estimate of drug-likeness (QED) is 0.567. The molecule has 14 heavy (non-hydrogen) atoms. The summed E-state index contributed by atoms with van der Waals surface area (Å²) in [4.78, 5) is 0. The van der Waals surface area contributed by atoms with Crippen LogP contribution in [0.2, 0.25) is 0 Å². The van der Waals surface area contributed by atoms with Gasteiger partial charge in [-0.05, 0) is 17.9 Å². The third kappa shape index (κ3) is 2.82. The summed E-state index contributed by atoms with van der Waals surface area (Å²) in [5.74, 6) is 5.55. The van der Waals surface area contributed by atoms with Gasteiger partial charge in [0, 0.05) is 13.2 Å². The molecule has 80 valence electrons. The van der Waals surface area contributed by atoms with Crippen LogP contribution in [0.25, 0.3) is 0 Å². The van der Waals surface area contributed by atoms with Gasteiger partial charge in [-0.3, -0.25) is 16.0 Å². The number of rotatable bonds is 3. The van der Waals surface area contributed by atoms with Gasteiger partial charge in [-0.2, -0.15) is 5.10 Å². The van der Waals surface area contributed by atoms with Gasteiger partial charge in [0.05, 0.1) is 11.7 Å². The van der Waals surface area contributed by atoms with Crippen LogP contribution in [0, 0.1) is 5.41 Å². The van der Waals surface area contributed by atoms with Crippen LogP contribution in [0.5, 0.6) is 0 Å². The average molecular weight is 196 g/mol. The number of hydrazine groups is 1. The molecule has 0 fully saturated rings. The van der Waals surface area contributed by atoms with Crippen molar-refractivity contribution in [1.82, 2.24) is 15.2 Å². The van der Waals surface area contributed by atoms with Crippen molar-refractivity contribution in [2.45, 2.75) is 33.2 Å². The summed E-state index contributed by atoms with van der Waals surface area (Å²) in [6, 6.07) is 2.17. The zero-order chi connectivity index (χ0) is 10.8. The lowest BCUT2D eigenvalue weighted by Gasteiger charge is -2.25. The smallest absolute Gasteiger partial charge is 0.0633 e. The Morgan fingerprint density at radius 2 is 2.21 bits per heavy atom. The first kappa shape index (κ1) is 11.2. The van der Waals surface area contributed by atoms with Crippen LogP contribution >= 0.6 is 0 Å². The molecule has 0 aliphatic rings. The van der Waals surface area contributed by atoms with E-state index in [2.05, 4.69) is 31.3 Å². The number of aryl methyl sites for hydroxylation is 1. The van der Waals surface area contributed by atoms with Crippen LogP contribution in [0.4, 0.5) is 0 Å². The van der Waals surface area contributed by atoms with Crippen molar-refractivity contribution in [2.75, 3.05) is 0 Å². The molecular weight excluding hydrogens is 176 g/mol. The van der Waals surface area contributed by atoms with Gasteiger partial charge in [0.2, 0.25) is 0 Å². The standard InChI is InChI=1S/C10H20N4/c1-10(2,3)7-8(13-11)9-5-6-12-14(9)4/h5-6,8,13H,7,11H2,1-4H3. The van der Waals surface area contributed by atoms with E-state index in [1.807, 2.05) is 17.8 Å². The Morgan fingerprint density at radius 3 is 2.57 bits per heavy atom. The summed E-state index contributed by atoms with van der Waals surface area (Å²) in [6.07, 6.45) is 2.78. The van der Waals surface area contributed by atoms with Crippen molar-refractivity contribution in [3.63, 3.8) is 0 Å². The molecule has 0 saturated heterocycles. The van der Waals surface area contributed by atoms with E-state index < -0.39 is 0 Å². The topological polar surface area (TPSA) is 55.9 Å². The third-order valence-electron chi connectivity index (χ3n) is 2.23. The molecule has 3 N–H and O–H groups in total. The summed E-state index contributed by atoms with van der Waals surface area (Å²) >= 11 is 0. The summed E-state index contributed by atoms with van der Waals surface area (Å²) in [6.45, 7) is 6.61. The summed E-state index contributed by atoms with van der Waals surface area (Å²) in [5, 5.41) is 4.14. The van der Waals surface area contributed by atoms with E-state index in [0.717, 1.165) is 12.1 Å². The second-order valence-electron chi connectivity index (χ2n) is 4.86. The maximum Gasteiger partial charge on any atom is 0.0633 e. The molecule has 0 amide bonds. The lowest BCUT2D eigenvalue weighted by Crippen LogP contribution is -2.32. The van der Waals surface area contributed by atoms with Gasteiger partial charge in [-0.1, -0.05) is 20.8 Å². The number of nitrogens with zero attached hydrogens (tertiary/aromatic N) is 2. The first-order valence-corrected chi connectivity index (χ1v) is 4.88. The second-order valence-corrected chi connectivity index (χ2v) is 4.86. The molecule has 1 unspecified atom stereocenters. The Bertz CT molecular complexity index is 285. The van der Waals surface area contributed by atoms with E-state index in [-0.39, 0.29) is 11.5 Å². The van der Waals surface area contributed by atoms with E-state index in [9.17, 15) is 0 Å². The van der Waals surface area contributed by atoms with Gasteiger partial charge >= 0.3 is 0 Å². The van der Waals surface area contributed by atoms with E-state index in [1.54, 1.807) is 6.20 Å². The molecule has 1 rings (SSSR count). The third-order valence-corrected chi connectivity index (χ3v) is 2.23. The minimum Gasteiger partial charge on any atom is -0.271 e. The Hall–Kier alpha value is -0.870. The maximum absolute atomic E-state index is 5.55. The Labute approximate surface area is 85.5 Å². The number of nitrogens with two attached hydrogens (primary N) is 1. The fraction of sp³-hybridized carbons (Fsp3) is 0.700. The van der Waals surface area contributed by atoms with Crippen LogP contribution in [0.3, 0.4) is 0 Å². The van der Waals surface area contributed by atoms with E-state index in [0.29, 0.717) is 0 Å². The van der Waals surface area contributed by atoms with Crippen molar-refractivity contribution < 1.29 is 0 Å². The molecule has 0 aliphatic carbocycles. The minimum absolute atomic E-state index is 0.169. The molecule has 0 saturated carbocycles. The predicted molar refractivity (Wildman–Crippen MR) is 57.3 cm³/mol. The Balaban J connectivity index is 2.78. The Morgan fingerprint density at radius 1 is 1.57 bits per heavy atom. The lowest BCUT2D eigenvalue weighted by atomic mass is 9.87. The lowest BCUT2D eigenvalue weighted by molar-refractivity contribution is 0.305. The predicted octanol–water partition coefficient (Wildman–Crippen LogP) is 1.36. The van der Waals surface area contributed by atoms with Crippen LogP contribution in [0.1, 0.15) is 38.9 Å². The number of nitrogens with one attached hydrogen (secondary N) is 1. The van der Waals surface area contributed by atoms with Crippen molar-refractivity contribution in [3.05, 3.63) is 18.0 Å². The SMILES string of the molecule is Cn1nccc1C(CC(C)(C)C)NN. The fourth-order valence-electron chi connectivity index (χ4n) is 1.59. The van der Waals surface area contributed by atoms with Gasteiger partial charge < -0.3 is 0 Å². The zero-order valence-corrected chi connectivity index (χ0v) is 9.41. The van der Waals surface area contributed by atoms with Crippen LogP contribution in [-0.2, 0) is 7.05 Å². The number of aromatic nitrogens is 2. The maximum atomic E-state index is 5.55. The van der Waals surface area contributed by atoms with Crippen LogP contribution in [0.15, 0.2) is 12.3 Å². The first-order valence-electron chi connectivity index (χ1n) is 4.88. The highest BCUT2D eigenvalue weighted by Crippen LogP contribution is 2.28. The first-order chi connectivity index (χ1) is 6.44. The highest BCUT2D eigenvalue weighted by molar-refractivity contribution is 5.06. The van der Waals surface area contributed by atoms with Crippen molar-refractivity contribution in [1.29, 1.82) is 0 Å². The van der Waals surface area contributed by atoms with Gasteiger partial charge in [0.25, 0.3) is 0 Å². The van der Waals surface area contributed by atoms with Crippen molar-refractivity contribution in [3.8, 4) is 0 Å². The molecule has 0 spiro atoms. The van der Waals surface area contributed by atoms with Crippen LogP contribution < -0.4 is 11.3 Å². The average Bonchev–Trinajstić information content (AvgIpc) is 2.45. The number of hydrogen-bond donors (Lipinski definition) is 2. The summed E-state index contributed by atoms with van der Waals surface area (Å²) < 4.78 is 1.86.